The number of nitrogens with one attached hydrogen (secondary N) is 1. The maximum Gasteiger partial charge on any atom is 0.322 e. The van der Waals surface area contributed by atoms with Crippen LogP contribution in [0.25, 0.3) is 0 Å². The Balaban J connectivity index is 1.32. The van der Waals surface area contributed by atoms with Gasteiger partial charge in [0.25, 0.3) is 0 Å². The van der Waals surface area contributed by atoms with E-state index in [-0.39, 0.29) is 23.8 Å². The average molecular weight is 472 g/mol. The second kappa shape index (κ2) is 9.03. The van der Waals surface area contributed by atoms with Gasteiger partial charge in [0.15, 0.2) is 0 Å². The van der Waals surface area contributed by atoms with Crippen LogP contribution in [0.3, 0.4) is 0 Å². The van der Waals surface area contributed by atoms with Gasteiger partial charge in [0, 0.05) is 43.4 Å². The molecule has 1 aliphatic heterocycles. The lowest BCUT2D eigenvalue weighted by Crippen LogP contribution is -2.48. The quantitative estimate of drug-likeness (QED) is 0.552. The van der Waals surface area contributed by atoms with Gasteiger partial charge < -0.3 is 19.7 Å². The van der Waals surface area contributed by atoms with Gasteiger partial charge >= 0.3 is 6.01 Å². The minimum Gasteiger partial charge on any atom is -0.480 e. The highest BCUT2D eigenvalue weighted by atomic mass is 19.1. The molecular formula is C23H27F2N7O2. The molecule has 0 radical (unpaired) electrons. The average Bonchev–Trinajstić information content (AvgIpc) is 3.29. The van der Waals surface area contributed by atoms with Crippen LogP contribution in [0.4, 0.5) is 20.4 Å². The van der Waals surface area contributed by atoms with Gasteiger partial charge in [-0.25, -0.2) is 13.5 Å². The van der Waals surface area contributed by atoms with Crippen molar-refractivity contribution in [2.75, 3.05) is 30.4 Å². The summed E-state index contributed by atoms with van der Waals surface area (Å²) in [5.41, 5.74) is 1.00. The van der Waals surface area contributed by atoms with Crippen molar-refractivity contribution in [3.05, 3.63) is 42.1 Å². The minimum atomic E-state index is -0.714. The molecule has 1 aliphatic carbocycles. The number of anilines is 2. The predicted octanol–water partition coefficient (Wildman–Crippen LogP) is 4.06. The van der Waals surface area contributed by atoms with Gasteiger partial charge in [-0.15, -0.1) is 10.2 Å². The van der Waals surface area contributed by atoms with Crippen molar-refractivity contribution in [2.45, 2.75) is 38.8 Å². The first-order valence-electron chi connectivity index (χ1n) is 11.4. The van der Waals surface area contributed by atoms with Crippen molar-refractivity contribution in [2.24, 2.45) is 11.8 Å². The topological polar surface area (TPSA) is 90.2 Å². The van der Waals surface area contributed by atoms with E-state index in [1.54, 1.807) is 18.0 Å². The molecule has 3 aromatic rings. The van der Waals surface area contributed by atoms with Crippen LogP contribution in [-0.4, -0.2) is 51.2 Å². The summed E-state index contributed by atoms with van der Waals surface area (Å²) in [6.07, 6.45) is 3.97. The number of benzene rings is 1. The molecule has 0 spiro atoms. The van der Waals surface area contributed by atoms with E-state index in [0.29, 0.717) is 23.7 Å². The van der Waals surface area contributed by atoms with Crippen LogP contribution >= 0.6 is 0 Å². The third-order valence-electron chi connectivity index (χ3n) is 6.46. The molecule has 1 aromatic carbocycles. The van der Waals surface area contributed by atoms with Crippen LogP contribution in [0, 0.1) is 23.5 Å². The van der Waals surface area contributed by atoms with Gasteiger partial charge in [0.05, 0.1) is 25.0 Å². The first kappa shape index (κ1) is 22.3. The Kier molecular flexibility index (Phi) is 5.93. The Morgan fingerprint density at radius 1 is 1.06 bits per heavy atom. The fourth-order valence-corrected chi connectivity index (χ4v) is 4.90. The lowest BCUT2D eigenvalue weighted by atomic mass is 9.92. The van der Waals surface area contributed by atoms with E-state index in [2.05, 4.69) is 30.5 Å². The SMILES string of the molecule is COc1cc(N2C[C@H]3CC[C@@H](C2)C3Nc2nc(Oc3cc(F)cc(F)c3)n(C(C)C)n2)cnn1. The molecule has 11 heteroatoms. The Labute approximate surface area is 196 Å². The molecule has 1 unspecified atom stereocenters. The summed E-state index contributed by atoms with van der Waals surface area (Å²) in [7, 11) is 1.58. The highest BCUT2D eigenvalue weighted by Gasteiger charge is 2.43. The first-order valence-corrected chi connectivity index (χ1v) is 11.4. The van der Waals surface area contributed by atoms with Crippen LogP contribution in [0.1, 0.15) is 32.7 Å². The lowest BCUT2D eigenvalue weighted by Gasteiger charge is -2.39. The van der Waals surface area contributed by atoms with E-state index in [1.165, 1.54) is 0 Å². The summed E-state index contributed by atoms with van der Waals surface area (Å²) >= 11 is 0. The summed E-state index contributed by atoms with van der Waals surface area (Å²) < 4.78 is 39.7. The molecular weight excluding hydrogens is 444 g/mol. The third kappa shape index (κ3) is 4.46. The zero-order valence-electron chi connectivity index (χ0n) is 19.3. The van der Waals surface area contributed by atoms with Gasteiger partial charge in [-0.05, 0) is 38.5 Å². The predicted molar refractivity (Wildman–Crippen MR) is 121 cm³/mol. The molecule has 3 heterocycles. The maximum absolute atomic E-state index is 13.6. The third-order valence-corrected chi connectivity index (χ3v) is 6.46. The summed E-state index contributed by atoms with van der Waals surface area (Å²) in [6.45, 7) is 5.63. The van der Waals surface area contributed by atoms with E-state index in [9.17, 15) is 8.78 Å². The summed E-state index contributed by atoms with van der Waals surface area (Å²) in [4.78, 5) is 6.83. The van der Waals surface area contributed by atoms with E-state index < -0.39 is 11.6 Å². The number of hydrogen-bond acceptors (Lipinski definition) is 8. The monoisotopic (exact) mass is 471 g/mol. The van der Waals surface area contributed by atoms with Gasteiger partial charge in [-0.3, -0.25) is 0 Å². The van der Waals surface area contributed by atoms with Crippen LogP contribution in [0.15, 0.2) is 30.5 Å². The van der Waals surface area contributed by atoms with Crippen molar-refractivity contribution >= 4 is 11.6 Å². The molecule has 34 heavy (non-hydrogen) atoms. The fraction of sp³-hybridized carbons (Fsp3) is 0.478. The van der Waals surface area contributed by atoms with Crippen LogP contribution in [0.2, 0.25) is 0 Å². The number of hydrogen-bond donors (Lipinski definition) is 1. The molecule has 2 aromatic heterocycles. The van der Waals surface area contributed by atoms with Crippen LogP contribution < -0.4 is 19.7 Å². The molecule has 1 saturated heterocycles. The number of nitrogens with zero attached hydrogens (tertiary/aromatic N) is 6. The maximum atomic E-state index is 13.6. The Morgan fingerprint density at radius 3 is 2.41 bits per heavy atom. The van der Waals surface area contributed by atoms with Crippen LogP contribution in [-0.2, 0) is 0 Å². The van der Waals surface area contributed by atoms with E-state index in [4.69, 9.17) is 9.47 Å². The Hall–Kier alpha value is -3.50. The van der Waals surface area contributed by atoms with Gasteiger partial charge in [0.2, 0.25) is 11.8 Å². The number of aromatic nitrogens is 5. The van der Waals surface area contributed by atoms with E-state index in [0.717, 1.165) is 49.8 Å². The molecule has 2 bridgehead atoms. The zero-order chi connectivity index (χ0) is 23.8. The van der Waals surface area contributed by atoms with E-state index >= 15 is 0 Å². The van der Waals surface area contributed by atoms with Gasteiger partial charge in [0.1, 0.15) is 17.4 Å². The minimum absolute atomic E-state index is 0.0353. The standard InChI is InChI=1S/C23H27F2N7O2/c1-13(2)32-23(34-19-7-16(24)6-17(25)8-19)28-22(30-32)27-21-14-4-5-15(21)12-31(11-14)18-9-20(33-3)29-26-10-18/h6-10,13-15,21H,4-5,11-12H2,1-3H3,(H,27,30)/t14-,15+,21?. The summed E-state index contributed by atoms with van der Waals surface area (Å²) in [5.74, 6) is 0.371. The van der Waals surface area contributed by atoms with Crippen molar-refractivity contribution in [3.8, 4) is 17.6 Å². The molecule has 1 N–H and O–H groups in total. The number of halogens is 2. The molecule has 9 nitrogen and oxygen atoms in total. The molecule has 180 valence electrons. The first-order chi connectivity index (χ1) is 16.4. The Morgan fingerprint density at radius 2 is 1.76 bits per heavy atom. The number of methoxy groups -OCH3 is 1. The van der Waals surface area contributed by atoms with Gasteiger partial charge in [-0.2, -0.15) is 10.1 Å². The fourth-order valence-electron chi connectivity index (χ4n) is 4.90. The lowest BCUT2D eigenvalue weighted by molar-refractivity contribution is 0.371. The number of ether oxygens (including phenoxy) is 2. The number of fused-ring (bicyclic) bond motifs is 2. The number of piperidine rings is 1. The number of rotatable bonds is 7. The second-order valence-corrected chi connectivity index (χ2v) is 9.09. The highest BCUT2D eigenvalue weighted by Crippen LogP contribution is 2.40. The highest BCUT2D eigenvalue weighted by molar-refractivity contribution is 5.48. The van der Waals surface area contributed by atoms with Crippen molar-refractivity contribution < 1.29 is 18.3 Å². The van der Waals surface area contributed by atoms with Crippen molar-refractivity contribution in [1.82, 2.24) is 25.0 Å². The largest absolute Gasteiger partial charge is 0.480 e. The molecule has 5 rings (SSSR count). The van der Waals surface area contributed by atoms with Gasteiger partial charge in [-0.1, -0.05) is 0 Å². The normalized spacial score (nSPS) is 21.7. The molecule has 3 atom stereocenters. The zero-order valence-corrected chi connectivity index (χ0v) is 19.3. The molecule has 2 aliphatic rings. The van der Waals surface area contributed by atoms with Crippen molar-refractivity contribution in [3.63, 3.8) is 0 Å². The summed E-state index contributed by atoms with van der Waals surface area (Å²) in [6, 6.07) is 5.29. The second-order valence-electron chi connectivity index (χ2n) is 9.09. The molecule has 1 saturated carbocycles. The van der Waals surface area contributed by atoms with E-state index in [1.807, 2.05) is 19.9 Å². The smallest absolute Gasteiger partial charge is 0.322 e. The molecule has 2 fully saturated rings. The van der Waals surface area contributed by atoms with Crippen LogP contribution in [0.5, 0.6) is 17.6 Å². The van der Waals surface area contributed by atoms with Crippen molar-refractivity contribution in [1.29, 1.82) is 0 Å². The summed E-state index contributed by atoms with van der Waals surface area (Å²) in [5, 5.41) is 16.1. The molecule has 0 amide bonds. The Bertz CT molecular complexity index is 1140.